The van der Waals surface area contributed by atoms with Crippen LogP contribution in [0.3, 0.4) is 0 Å². The molecular formula is C16H26N2O. The van der Waals surface area contributed by atoms with E-state index in [9.17, 15) is 4.79 Å². The van der Waals surface area contributed by atoms with Gasteiger partial charge in [-0.1, -0.05) is 12.8 Å². The number of amides is 1. The third-order valence-electron chi connectivity index (χ3n) is 6.44. The van der Waals surface area contributed by atoms with Gasteiger partial charge in [0.15, 0.2) is 0 Å². The minimum atomic E-state index is 0.401. The molecule has 0 aromatic carbocycles. The Balaban J connectivity index is 1.47. The van der Waals surface area contributed by atoms with Gasteiger partial charge in [-0.2, -0.15) is 0 Å². The Hall–Kier alpha value is -0.570. The van der Waals surface area contributed by atoms with Gasteiger partial charge in [0.25, 0.3) is 0 Å². The first-order valence-corrected chi connectivity index (χ1v) is 8.32. The molecule has 3 heteroatoms. The summed E-state index contributed by atoms with van der Waals surface area (Å²) >= 11 is 0. The molecule has 4 atom stereocenters. The molecule has 0 radical (unpaired) electrons. The lowest BCUT2D eigenvalue weighted by atomic mass is 10.0. The summed E-state index contributed by atoms with van der Waals surface area (Å²) in [7, 11) is 0. The zero-order valence-electron chi connectivity index (χ0n) is 11.8. The molecule has 4 fully saturated rings. The Kier molecular flexibility index (Phi) is 2.87. The molecule has 2 bridgehead atoms. The molecular weight excluding hydrogens is 236 g/mol. The third kappa shape index (κ3) is 1.77. The summed E-state index contributed by atoms with van der Waals surface area (Å²) in [5.41, 5.74) is 5.74. The zero-order chi connectivity index (χ0) is 13.0. The van der Waals surface area contributed by atoms with E-state index in [-0.39, 0.29) is 0 Å². The fourth-order valence-electron chi connectivity index (χ4n) is 5.67. The van der Waals surface area contributed by atoms with E-state index in [1.165, 1.54) is 44.9 Å². The van der Waals surface area contributed by atoms with Crippen LogP contribution in [0.5, 0.6) is 0 Å². The summed E-state index contributed by atoms with van der Waals surface area (Å²) < 4.78 is 0. The largest absolute Gasteiger partial charge is 0.338 e. The molecule has 106 valence electrons. The predicted octanol–water partition coefficient (Wildman–Crippen LogP) is 2.01. The quantitative estimate of drug-likeness (QED) is 0.842. The van der Waals surface area contributed by atoms with Gasteiger partial charge in [0.2, 0.25) is 5.91 Å². The van der Waals surface area contributed by atoms with Crippen molar-refractivity contribution in [3.05, 3.63) is 0 Å². The number of rotatable bonds is 4. The minimum absolute atomic E-state index is 0.401. The molecule has 3 nitrogen and oxygen atoms in total. The number of nitrogens with two attached hydrogens (primary N) is 1. The summed E-state index contributed by atoms with van der Waals surface area (Å²) in [6, 6.07) is 0.509. The smallest absolute Gasteiger partial charge is 0.226 e. The van der Waals surface area contributed by atoms with E-state index in [1.807, 2.05) is 0 Å². The van der Waals surface area contributed by atoms with Gasteiger partial charge in [0.05, 0.1) is 0 Å². The van der Waals surface area contributed by atoms with Crippen LogP contribution in [-0.4, -0.2) is 29.9 Å². The lowest BCUT2D eigenvalue weighted by Crippen LogP contribution is -2.43. The maximum atomic E-state index is 12.9. The summed E-state index contributed by atoms with van der Waals surface area (Å²) in [5, 5.41) is 0. The number of carbonyl (C=O) groups is 1. The summed E-state index contributed by atoms with van der Waals surface area (Å²) in [6.45, 7) is 1.41. The van der Waals surface area contributed by atoms with Gasteiger partial charge in [-0.25, -0.2) is 0 Å². The molecule has 0 aromatic heterocycles. The lowest BCUT2D eigenvalue weighted by Gasteiger charge is -2.29. The van der Waals surface area contributed by atoms with E-state index < -0.39 is 0 Å². The highest BCUT2D eigenvalue weighted by Crippen LogP contribution is 2.69. The second-order valence-electron chi connectivity index (χ2n) is 7.27. The van der Waals surface area contributed by atoms with Crippen molar-refractivity contribution in [2.75, 3.05) is 13.1 Å². The van der Waals surface area contributed by atoms with Crippen molar-refractivity contribution in [2.24, 2.45) is 35.3 Å². The van der Waals surface area contributed by atoms with Crippen molar-refractivity contribution in [1.29, 1.82) is 0 Å². The zero-order valence-corrected chi connectivity index (χ0v) is 11.8. The summed E-state index contributed by atoms with van der Waals surface area (Å²) in [4.78, 5) is 15.1. The van der Waals surface area contributed by atoms with E-state index >= 15 is 0 Å². The SMILES string of the molecule is NCCN(C(=O)C1C2C3CCC(C3)C12)C1CCCC1. The molecule has 4 saturated carbocycles. The number of nitrogens with zero attached hydrogens (tertiary/aromatic N) is 1. The normalized spacial score (nSPS) is 43.5. The highest BCUT2D eigenvalue weighted by molar-refractivity contribution is 5.83. The number of hydrogen-bond donors (Lipinski definition) is 1. The predicted molar refractivity (Wildman–Crippen MR) is 74.3 cm³/mol. The standard InChI is InChI=1S/C16H26N2O/c17-7-8-18(12-3-1-2-4-12)16(19)15-13-10-5-6-11(9-10)14(13)15/h10-15H,1-9,17H2. The minimum Gasteiger partial charge on any atom is -0.338 e. The topological polar surface area (TPSA) is 46.3 Å². The van der Waals surface area contributed by atoms with Crippen LogP contribution in [0.4, 0.5) is 0 Å². The molecule has 4 aliphatic carbocycles. The Morgan fingerprint density at radius 2 is 1.68 bits per heavy atom. The summed E-state index contributed by atoms with van der Waals surface area (Å²) in [5.74, 6) is 4.21. The fraction of sp³-hybridized carbons (Fsp3) is 0.938. The van der Waals surface area contributed by atoms with Crippen molar-refractivity contribution >= 4 is 5.91 Å². The Bertz CT molecular complexity index is 361. The Labute approximate surface area is 115 Å². The molecule has 2 N–H and O–H groups in total. The van der Waals surface area contributed by atoms with Gasteiger partial charge in [0, 0.05) is 25.0 Å². The van der Waals surface area contributed by atoms with Crippen molar-refractivity contribution in [3.63, 3.8) is 0 Å². The fourth-order valence-corrected chi connectivity index (χ4v) is 5.67. The molecule has 0 aliphatic heterocycles. The maximum absolute atomic E-state index is 12.9. The average molecular weight is 262 g/mol. The second-order valence-corrected chi connectivity index (χ2v) is 7.27. The lowest BCUT2D eigenvalue weighted by molar-refractivity contribution is -0.135. The van der Waals surface area contributed by atoms with E-state index in [0.29, 0.717) is 24.4 Å². The number of fused-ring (bicyclic) bond motifs is 5. The molecule has 0 heterocycles. The first kappa shape index (κ1) is 12.2. The monoisotopic (exact) mass is 262 g/mol. The van der Waals surface area contributed by atoms with E-state index in [1.54, 1.807) is 0 Å². The average Bonchev–Trinajstić information content (AvgIpc) is 2.85. The second kappa shape index (κ2) is 4.47. The van der Waals surface area contributed by atoms with Gasteiger partial charge in [-0.05, 0) is 55.8 Å². The first-order chi connectivity index (χ1) is 9.31. The van der Waals surface area contributed by atoms with E-state index in [2.05, 4.69) is 4.90 Å². The van der Waals surface area contributed by atoms with Crippen LogP contribution in [0, 0.1) is 29.6 Å². The van der Waals surface area contributed by atoms with Crippen LogP contribution in [-0.2, 0) is 4.79 Å². The van der Waals surface area contributed by atoms with Crippen molar-refractivity contribution in [2.45, 2.75) is 51.0 Å². The van der Waals surface area contributed by atoms with Gasteiger partial charge in [0.1, 0.15) is 0 Å². The number of hydrogen-bond acceptors (Lipinski definition) is 2. The number of carbonyl (C=O) groups excluding carboxylic acids is 1. The van der Waals surface area contributed by atoms with Crippen LogP contribution in [0.15, 0.2) is 0 Å². The third-order valence-corrected chi connectivity index (χ3v) is 6.44. The van der Waals surface area contributed by atoms with Crippen LogP contribution >= 0.6 is 0 Å². The molecule has 4 rings (SSSR count). The highest BCUT2D eigenvalue weighted by atomic mass is 16.2. The van der Waals surface area contributed by atoms with Crippen LogP contribution in [0.1, 0.15) is 44.9 Å². The molecule has 4 unspecified atom stereocenters. The van der Waals surface area contributed by atoms with Gasteiger partial charge < -0.3 is 10.6 Å². The van der Waals surface area contributed by atoms with Crippen molar-refractivity contribution in [1.82, 2.24) is 4.90 Å². The van der Waals surface area contributed by atoms with Gasteiger partial charge in [-0.3, -0.25) is 4.79 Å². The molecule has 19 heavy (non-hydrogen) atoms. The maximum Gasteiger partial charge on any atom is 0.226 e. The summed E-state index contributed by atoms with van der Waals surface area (Å²) in [6.07, 6.45) is 9.23. The molecule has 1 amide bonds. The van der Waals surface area contributed by atoms with E-state index in [0.717, 1.165) is 30.2 Å². The molecule has 0 saturated heterocycles. The molecule has 0 spiro atoms. The van der Waals surface area contributed by atoms with Gasteiger partial charge in [-0.15, -0.1) is 0 Å². The van der Waals surface area contributed by atoms with Gasteiger partial charge >= 0.3 is 0 Å². The highest BCUT2D eigenvalue weighted by Gasteiger charge is 2.68. The Morgan fingerprint density at radius 3 is 2.26 bits per heavy atom. The molecule has 4 aliphatic rings. The van der Waals surface area contributed by atoms with Crippen molar-refractivity contribution < 1.29 is 4.79 Å². The van der Waals surface area contributed by atoms with Crippen LogP contribution in [0.25, 0.3) is 0 Å². The van der Waals surface area contributed by atoms with E-state index in [4.69, 9.17) is 5.73 Å². The van der Waals surface area contributed by atoms with Crippen LogP contribution in [0.2, 0.25) is 0 Å². The van der Waals surface area contributed by atoms with Crippen molar-refractivity contribution in [3.8, 4) is 0 Å². The first-order valence-electron chi connectivity index (χ1n) is 8.32. The van der Waals surface area contributed by atoms with Crippen LogP contribution < -0.4 is 5.73 Å². The molecule has 0 aromatic rings. The Morgan fingerprint density at radius 1 is 1.05 bits per heavy atom.